The Morgan fingerprint density at radius 1 is 1.16 bits per heavy atom. The summed E-state index contributed by atoms with van der Waals surface area (Å²) in [6.45, 7) is 1.09. The van der Waals surface area contributed by atoms with Crippen molar-refractivity contribution in [3.63, 3.8) is 0 Å². The number of phenols is 1. The second kappa shape index (κ2) is 6.64. The summed E-state index contributed by atoms with van der Waals surface area (Å²) in [5.74, 6) is -2.98. The topological polar surface area (TPSA) is 64.1 Å². The summed E-state index contributed by atoms with van der Waals surface area (Å²) in [6, 6.07) is 14.3. The van der Waals surface area contributed by atoms with E-state index in [1.807, 2.05) is 30.3 Å². The van der Waals surface area contributed by atoms with Crippen molar-refractivity contribution in [1.82, 2.24) is 9.55 Å². The molecule has 130 valence electrons. The van der Waals surface area contributed by atoms with E-state index in [4.69, 9.17) is 5.73 Å². The Hall–Kier alpha value is -2.73. The Kier molecular flexibility index (Phi) is 4.55. The van der Waals surface area contributed by atoms with Crippen molar-refractivity contribution in [2.45, 2.75) is 25.4 Å². The molecule has 1 heterocycles. The van der Waals surface area contributed by atoms with Crippen molar-refractivity contribution in [3.8, 4) is 17.0 Å². The van der Waals surface area contributed by atoms with E-state index in [1.165, 1.54) is 6.33 Å². The van der Waals surface area contributed by atoms with Crippen LogP contribution >= 0.6 is 0 Å². The molecule has 0 saturated heterocycles. The maximum absolute atomic E-state index is 14.0. The molecule has 0 amide bonds. The summed E-state index contributed by atoms with van der Waals surface area (Å²) in [6.07, 6.45) is 1.51. The summed E-state index contributed by atoms with van der Waals surface area (Å²) in [4.78, 5) is 4.33. The monoisotopic (exact) mass is 343 g/mol. The molecule has 1 atom stereocenters. The number of halogens is 2. The number of hydrogen-bond donors (Lipinski definition) is 2. The Morgan fingerprint density at radius 3 is 2.52 bits per heavy atom. The number of phenolic OH excluding ortho intramolecular Hbond substituents is 1. The normalized spacial score (nSPS) is 13.0. The minimum absolute atomic E-state index is 0.118. The lowest BCUT2D eigenvalue weighted by Gasteiger charge is -2.22. The summed E-state index contributed by atoms with van der Waals surface area (Å²) in [7, 11) is 0. The predicted octanol–water partition coefficient (Wildman–Crippen LogP) is 3.96. The van der Waals surface area contributed by atoms with Crippen LogP contribution in [-0.2, 0) is 6.54 Å². The molecule has 3 aromatic rings. The van der Waals surface area contributed by atoms with E-state index in [1.54, 1.807) is 28.8 Å². The van der Waals surface area contributed by atoms with Crippen molar-refractivity contribution in [1.29, 1.82) is 0 Å². The molecule has 0 aliphatic rings. The van der Waals surface area contributed by atoms with Gasteiger partial charge in [0.25, 0.3) is 5.92 Å². The molecule has 0 fully saturated rings. The van der Waals surface area contributed by atoms with Gasteiger partial charge in [-0.1, -0.05) is 42.5 Å². The van der Waals surface area contributed by atoms with E-state index >= 15 is 0 Å². The number of imidazole rings is 1. The van der Waals surface area contributed by atoms with Crippen LogP contribution in [0.4, 0.5) is 8.78 Å². The number of alkyl halides is 2. The molecule has 3 rings (SSSR count). The minimum atomic E-state index is -3.10. The molecule has 1 aromatic heterocycles. The zero-order chi connectivity index (χ0) is 18.0. The third-order valence-electron chi connectivity index (χ3n) is 4.03. The smallest absolute Gasteiger partial charge is 0.265 e. The van der Waals surface area contributed by atoms with Gasteiger partial charge in [0.05, 0.1) is 17.7 Å². The molecule has 0 saturated carbocycles. The lowest BCUT2D eigenvalue weighted by Crippen LogP contribution is -2.32. The van der Waals surface area contributed by atoms with Crippen LogP contribution in [0.25, 0.3) is 11.3 Å². The second-order valence-electron chi connectivity index (χ2n) is 6.08. The number of aromatic nitrogens is 2. The second-order valence-corrected chi connectivity index (χ2v) is 6.08. The fourth-order valence-electron chi connectivity index (χ4n) is 2.75. The van der Waals surface area contributed by atoms with Crippen molar-refractivity contribution in [2.24, 2.45) is 5.73 Å². The van der Waals surface area contributed by atoms with E-state index in [-0.39, 0.29) is 18.0 Å². The molecule has 3 N–H and O–H groups in total. The van der Waals surface area contributed by atoms with E-state index in [0.717, 1.165) is 18.1 Å². The SMILES string of the molecule is CC(F)(F)C(N)c1c(-c2ccccc2)ncn1Cc1cccc(O)c1. The zero-order valence-corrected chi connectivity index (χ0v) is 13.7. The van der Waals surface area contributed by atoms with Crippen LogP contribution in [0.2, 0.25) is 0 Å². The Balaban J connectivity index is 2.08. The van der Waals surface area contributed by atoms with Crippen molar-refractivity contribution in [3.05, 3.63) is 72.2 Å². The molecule has 0 radical (unpaired) electrons. The Bertz CT molecular complexity index is 857. The summed E-state index contributed by atoms with van der Waals surface area (Å²) in [5.41, 5.74) is 8.08. The first-order valence-electron chi connectivity index (χ1n) is 7.88. The minimum Gasteiger partial charge on any atom is -0.508 e. The Labute approximate surface area is 144 Å². The molecule has 6 heteroatoms. The molecule has 0 aliphatic heterocycles. The molecule has 4 nitrogen and oxygen atoms in total. The molecule has 2 aromatic carbocycles. The number of benzene rings is 2. The van der Waals surface area contributed by atoms with Gasteiger partial charge >= 0.3 is 0 Å². The summed E-state index contributed by atoms with van der Waals surface area (Å²) >= 11 is 0. The number of nitrogens with zero attached hydrogens (tertiary/aromatic N) is 2. The van der Waals surface area contributed by atoms with E-state index in [2.05, 4.69) is 4.98 Å². The first-order chi connectivity index (χ1) is 11.9. The Morgan fingerprint density at radius 2 is 1.88 bits per heavy atom. The average molecular weight is 343 g/mol. The number of nitrogens with two attached hydrogens (primary N) is 1. The number of rotatable bonds is 5. The maximum Gasteiger partial charge on any atom is 0.265 e. The maximum atomic E-state index is 14.0. The van der Waals surface area contributed by atoms with Gasteiger partial charge < -0.3 is 15.4 Å². The van der Waals surface area contributed by atoms with Crippen molar-refractivity contribution < 1.29 is 13.9 Å². The van der Waals surface area contributed by atoms with Gasteiger partial charge in [0.2, 0.25) is 0 Å². The van der Waals surface area contributed by atoms with Gasteiger partial charge in [0.15, 0.2) is 0 Å². The van der Waals surface area contributed by atoms with Gasteiger partial charge in [-0.3, -0.25) is 0 Å². The average Bonchev–Trinajstić information content (AvgIpc) is 2.97. The largest absolute Gasteiger partial charge is 0.508 e. The summed E-state index contributed by atoms with van der Waals surface area (Å²) in [5, 5.41) is 9.61. The van der Waals surface area contributed by atoms with Crippen LogP contribution in [0, 0.1) is 0 Å². The van der Waals surface area contributed by atoms with Crippen LogP contribution in [0.5, 0.6) is 5.75 Å². The zero-order valence-electron chi connectivity index (χ0n) is 13.7. The third kappa shape index (κ3) is 3.69. The molecule has 0 spiro atoms. The lowest BCUT2D eigenvalue weighted by atomic mass is 10.0. The van der Waals surface area contributed by atoms with Crippen LogP contribution in [0.3, 0.4) is 0 Å². The first kappa shape index (κ1) is 17.1. The van der Waals surface area contributed by atoms with Crippen LogP contribution < -0.4 is 5.73 Å². The molecule has 0 bridgehead atoms. The highest BCUT2D eigenvalue weighted by molar-refractivity contribution is 5.62. The quantitative estimate of drug-likeness (QED) is 0.737. The van der Waals surface area contributed by atoms with Crippen molar-refractivity contribution in [2.75, 3.05) is 0 Å². The first-order valence-corrected chi connectivity index (χ1v) is 7.88. The third-order valence-corrected chi connectivity index (χ3v) is 4.03. The van der Waals surface area contributed by atoms with Crippen LogP contribution in [0.15, 0.2) is 60.9 Å². The van der Waals surface area contributed by atoms with Gasteiger partial charge in [0.1, 0.15) is 11.8 Å². The van der Waals surface area contributed by atoms with E-state index in [9.17, 15) is 13.9 Å². The fourth-order valence-corrected chi connectivity index (χ4v) is 2.75. The lowest BCUT2D eigenvalue weighted by molar-refractivity contribution is -0.00824. The molecular weight excluding hydrogens is 324 g/mol. The number of aromatic hydroxyl groups is 1. The predicted molar refractivity (Wildman–Crippen MR) is 92.4 cm³/mol. The standard InChI is InChI=1S/C19H19F2N3O/c1-19(20,21)18(22)17-16(14-7-3-2-4-8-14)23-12-24(17)11-13-6-5-9-15(25)10-13/h2-10,12,18,25H,11,22H2,1H3. The van der Waals surface area contributed by atoms with Gasteiger partial charge in [-0.05, 0) is 17.7 Å². The molecule has 25 heavy (non-hydrogen) atoms. The van der Waals surface area contributed by atoms with Gasteiger partial charge in [0, 0.05) is 19.0 Å². The molecular formula is C19H19F2N3O. The van der Waals surface area contributed by atoms with Gasteiger partial charge in [-0.2, -0.15) is 0 Å². The van der Waals surface area contributed by atoms with Crippen LogP contribution in [-0.4, -0.2) is 20.6 Å². The van der Waals surface area contributed by atoms with E-state index in [0.29, 0.717) is 5.69 Å². The fraction of sp³-hybridized carbons (Fsp3) is 0.211. The van der Waals surface area contributed by atoms with Gasteiger partial charge in [-0.15, -0.1) is 0 Å². The summed E-state index contributed by atoms with van der Waals surface area (Å²) < 4.78 is 29.5. The highest BCUT2D eigenvalue weighted by Crippen LogP contribution is 2.35. The number of hydrogen-bond acceptors (Lipinski definition) is 3. The van der Waals surface area contributed by atoms with E-state index < -0.39 is 12.0 Å². The molecule has 1 unspecified atom stereocenters. The molecule has 0 aliphatic carbocycles. The van der Waals surface area contributed by atoms with Crippen LogP contribution in [0.1, 0.15) is 24.2 Å². The highest BCUT2D eigenvalue weighted by Gasteiger charge is 2.36. The van der Waals surface area contributed by atoms with Crippen molar-refractivity contribution >= 4 is 0 Å². The van der Waals surface area contributed by atoms with Gasteiger partial charge in [-0.25, -0.2) is 13.8 Å². The highest BCUT2D eigenvalue weighted by atomic mass is 19.3.